The lowest BCUT2D eigenvalue weighted by Crippen LogP contribution is -2.66. The first-order valence-electron chi connectivity index (χ1n) is 11.9. The quantitative estimate of drug-likeness (QED) is 0.394. The zero-order valence-electron chi connectivity index (χ0n) is 19.3. The summed E-state index contributed by atoms with van der Waals surface area (Å²) in [7, 11) is 0. The summed E-state index contributed by atoms with van der Waals surface area (Å²) in [5.41, 5.74) is 0.462. The maximum absolute atomic E-state index is 12.8. The SMILES string of the molecule is C/C=C(\C)C(=O)OC1C[C@H]2[C@@H](CC=C3CCCC[C@@]32C)[C@]2(O)CC[C@H](C(C)=O)[C@@]12C. The van der Waals surface area contributed by atoms with E-state index in [2.05, 4.69) is 13.0 Å². The third-order valence-corrected chi connectivity index (χ3v) is 9.76. The lowest BCUT2D eigenvalue weighted by atomic mass is 9.45. The predicted octanol–water partition coefficient (Wildman–Crippen LogP) is 5.15. The standard InChI is InChI=1S/C26H38O4/c1-6-16(2)23(28)30-22-15-21-20(11-10-18-9-7-8-13-24(18,21)4)26(29)14-12-19(17(3)27)25(22,26)5/h6,10,19-22,29H,7-9,11-15H2,1-5H3/b16-6+/t19-,20-,21+,22?,24+,25+,26-/m1/s1. The lowest BCUT2D eigenvalue weighted by Gasteiger charge is -2.62. The van der Waals surface area contributed by atoms with Crippen LogP contribution in [0.2, 0.25) is 0 Å². The van der Waals surface area contributed by atoms with Crippen molar-refractivity contribution in [3.63, 3.8) is 0 Å². The van der Waals surface area contributed by atoms with Crippen LogP contribution in [0.5, 0.6) is 0 Å². The van der Waals surface area contributed by atoms with Crippen LogP contribution in [0.25, 0.3) is 0 Å². The molecule has 7 atom stereocenters. The number of allylic oxidation sites excluding steroid dienone is 3. The van der Waals surface area contributed by atoms with Crippen LogP contribution < -0.4 is 0 Å². The zero-order chi connectivity index (χ0) is 21.9. The molecule has 0 bridgehead atoms. The number of aliphatic hydroxyl groups is 1. The maximum Gasteiger partial charge on any atom is 0.333 e. The van der Waals surface area contributed by atoms with Gasteiger partial charge in [-0.2, -0.15) is 0 Å². The van der Waals surface area contributed by atoms with Crippen molar-refractivity contribution in [3.8, 4) is 0 Å². The fraction of sp³-hybridized carbons (Fsp3) is 0.769. The van der Waals surface area contributed by atoms with Gasteiger partial charge in [-0.1, -0.05) is 38.0 Å². The molecule has 0 aromatic heterocycles. The molecule has 4 rings (SSSR count). The zero-order valence-corrected chi connectivity index (χ0v) is 19.3. The van der Waals surface area contributed by atoms with E-state index < -0.39 is 17.1 Å². The molecule has 1 N–H and O–H groups in total. The van der Waals surface area contributed by atoms with E-state index in [0.29, 0.717) is 18.4 Å². The van der Waals surface area contributed by atoms with Crippen LogP contribution in [0.3, 0.4) is 0 Å². The average Bonchev–Trinajstić information content (AvgIpc) is 3.00. The summed E-state index contributed by atoms with van der Waals surface area (Å²) in [4.78, 5) is 25.5. The molecule has 0 heterocycles. The first kappa shape index (κ1) is 21.8. The molecule has 0 aromatic carbocycles. The van der Waals surface area contributed by atoms with Gasteiger partial charge in [0.25, 0.3) is 0 Å². The second-order valence-electron chi connectivity index (χ2n) is 10.8. The van der Waals surface area contributed by atoms with E-state index in [4.69, 9.17) is 4.74 Å². The number of rotatable bonds is 3. The Balaban J connectivity index is 1.80. The van der Waals surface area contributed by atoms with E-state index in [-0.39, 0.29) is 34.9 Å². The van der Waals surface area contributed by atoms with Crippen molar-refractivity contribution in [1.82, 2.24) is 0 Å². The molecule has 0 spiro atoms. The Morgan fingerprint density at radius 2 is 1.90 bits per heavy atom. The molecule has 4 aliphatic rings. The molecule has 0 aromatic rings. The van der Waals surface area contributed by atoms with Gasteiger partial charge >= 0.3 is 5.97 Å². The van der Waals surface area contributed by atoms with E-state index in [9.17, 15) is 14.7 Å². The van der Waals surface area contributed by atoms with Crippen LogP contribution in [0.15, 0.2) is 23.3 Å². The number of carbonyl (C=O) groups is 2. The highest BCUT2D eigenvalue weighted by Crippen LogP contribution is 2.68. The molecule has 3 fully saturated rings. The van der Waals surface area contributed by atoms with Crippen molar-refractivity contribution >= 4 is 11.8 Å². The number of fused-ring (bicyclic) bond motifs is 5. The number of esters is 1. The van der Waals surface area contributed by atoms with Crippen molar-refractivity contribution in [1.29, 1.82) is 0 Å². The fourth-order valence-corrected chi connectivity index (χ4v) is 7.78. The first-order valence-corrected chi connectivity index (χ1v) is 11.9. The molecular formula is C26H38O4. The third-order valence-electron chi connectivity index (χ3n) is 9.76. The van der Waals surface area contributed by atoms with Crippen molar-refractivity contribution in [3.05, 3.63) is 23.3 Å². The van der Waals surface area contributed by atoms with Crippen molar-refractivity contribution in [2.45, 2.75) is 97.7 Å². The number of carbonyl (C=O) groups excluding carboxylic acids is 2. The number of hydrogen-bond acceptors (Lipinski definition) is 4. The average molecular weight is 415 g/mol. The highest BCUT2D eigenvalue weighted by molar-refractivity contribution is 5.88. The Labute approximate surface area is 181 Å². The van der Waals surface area contributed by atoms with E-state index >= 15 is 0 Å². The van der Waals surface area contributed by atoms with E-state index in [1.54, 1.807) is 19.9 Å². The van der Waals surface area contributed by atoms with Gasteiger partial charge < -0.3 is 9.84 Å². The molecule has 0 saturated heterocycles. The Hall–Kier alpha value is -1.42. The summed E-state index contributed by atoms with van der Waals surface area (Å²) in [6.07, 6.45) is 11.4. The molecule has 4 heteroatoms. The molecule has 1 unspecified atom stereocenters. The van der Waals surface area contributed by atoms with E-state index in [0.717, 1.165) is 25.7 Å². The summed E-state index contributed by atoms with van der Waals surface area (Å²) in [6, 6.07) is 0. The molecule has 4 aliphatic carbocycles. The molecule has 166 valence electrons. The van der Waals surface area contributed by atoms with E-state index in [1.165, 1.54) is 18.4 Å². The van der Waals surface area contributed by atoms with Crippen molar-refractivity contribution in [2.75, 3.05) is 0 Å². The summed E-state index contributed by atoms with van der Waals surface area (Å²) in [5, 5.41) is 12.3. The molecule has 0 radical (unpaired) electrons. The van der Waals surface area contributed by atoms with Gasteiger partial charge in [0.1, 0.15) is 11.9 Å². The van der Waals surface area contributed by atoms with Gasteiger partial charge in [0.15, 0.2) is 0 Å². The predicted molar refractivity (Wildman–Crippen MR) is 117 cm³/mol. The van der Waals surface area contributed by atoms with Crippen molar-refractivity contribution in [2.24, 2.45) is 28.6 Å². The highest BCUT2D eigenvalue weighted by Gasteiger charge is 2.71. The van der Waals surface area contributed by atoms with Gasteiger partial charge in [0.2, 0.25) is 0 Å². The molecule has 0 aliphatic heterocycles. The van der Waals surface area contributed by atoms with Gasteiger partial charge in [-0.05, 0) is 83.0 Å². The van der Waals surface area contributed by atoms with Gasteiger partial charge in [-0.25, -0.2) is 4.79 Å². The molecule has 3 saturated carbocycles. The van der Waals surface area contributed by atoms with Crippen LogP contribution in [-0.4, -0.2) is 28.6 Å². The second-order valence-corrected chi connectivity index (χ2v) is 10.8. The molecule has 4 nitrogen and oxygen atoms in total. The lowest BCUT2D eigenvalue weighted by molar-refractivity contribution is -0.231. The number of ether oxygens (including phenoxy) is 1. The summed E-state index contributed by atoms with van der Waals surface area (Å²) in [6.45, 7) is 9.62. The van der Waals surface area contributed by atoms with Crippen LogP contribution in [0, 0.1) is 28.6 Å². The van der Waals surface area contributed by atoms with Gasteiger partial charge in [0.05, 0.1) is 5.60 Å². The molecule has 0 amide bonds. The Kier molecular flexibility index (Phi) is 5.32. The Morgan fingerprint density at radius 3 is 2.57 bits per heavy atom. The highest BCUT2D eigenvalue weighted by atomic mass is 16.5. The van der Waals surface area contributed by atoms with Crippen molar-refractivity contribution < 1.29 is 19.4 Å². The smallest absolute Gasteiger partial charge is 0.333 e. The summed E-state index contributed by atoms with van der Waals surface area (Å²) >= 11 is 0. The fourth-order valence-electron chi connectivity index (χ4n) is 7.78. The molecular weight excluding hydrogens is 376 g/mol. The summed E-state index contributed by atoms with van der Waals surface area (Å²) < 4.78 is 6.14. The molecule has 30 heavy (non-hydrogen) atoms. The second kappa shape index (κ2) is 7.32. The maximum atomic E-state index is 12.8. The van der Waals surface area contributed by atoms with Crippen LogP contribution in [0.1, 0.15) is 86.0 Å². The van der Waals surface area contributed by atoms with Gasteiger partial charge in [-0.3, -0.25) is 4.79 Å². The minimum absolute atomic E-state index is 0.0623. The minimum atomic E-state index is -0.983. The normalized spacial score (nSPS) is 45.7. The van der Waals surface area contributed by atoms with E-state index in [1.807, 2.05) is 13.8 Å². The minimum Gasteiger partial charge on any atom is -0.458 e. The number of Topliss-reactive ketones (excluding diaryl/α,β-unsaturated/α-hetero) is 1. The summed E-state index contributed by atoms with van der Waals surface area (Å²) in [5.74, 6) is -0.0795. The number of hydrogen-bond donors (Lipinski definition) is 1. The van der Waals surface area contributed by atoms with Crippen LogP contribution >= 0.6 is 0 Å². The Bertz CT molecular complexity index is 810. The van der Waals surface area contributed by atoms with Gasteiger partial charge in [0, 0.05) is 16.9 Å². The number of ketones is 1. The third kappa shape index (κ3) is 2.82. The largest absolute Gasteiger partial charge is 0.458 e. The van der Waals surface area contributed by atoms with Gasteiger partial charge in [-0.15, -0.1) is 0 Å². The first-order chi connectivity index (χ1) is 14.1. The topological polar surface area (TPSA) is 63.6 Å². The Morgan fingerprint density at radius 1 is 1.17 bits per heavy atom. The monoisotopic (exact) mass is 414 g/mol. The van der Waals surface area contributed by atoms with Crippen LogP contribution in [-0.2, 0) is 14.3 Å². The van der Waals surface area contributed by atoms with Crippen LogP contribution in [0.4, 0.5) is 0 Å².